The van der Waals surface area contributed by atoms with E-state index in [2.05, 4.69) is 10.2 Å². The van der Waals surface area contributed by atoms with Crippen LogP contribution < -0.4 is 5.32 Å². The molecular weight excluding hydrogens is 206 g/mol. The summed E-state index contributed by atoms with van der Waals surface area (Å²) in [7, 11) is 1.83. The second-order valence-corrected chi connectivity index (χ2v) is 5.00. The molecule has 0 radical (unpaired) electrons. The van der Waals surface area contributed by atoms with Gasteiger partial charge in [-0.3, -0.25) is 9.69 Å². The van der Waals surface area contributed by atoms with Crippen LogP contribution >= 0.6 is 0 Å². The molecular formula is C11H21N3O2. The third-order valence-electron chi connectivity index (χ3n) is 3.59. The third kappa shape index (κ3) is 2.72. The standard InChI is InChI=1S/C11H21N3O2/c1-13-6-7-14(8-10(13)15)9-11(16)2-4-12-5-3-11/h12,16H,2-9H2,1H3. The average molecular weight is 227 g/mol. The molecule has 0 saturated carbocycles. The van der Waals surface area contributed by atoms with Crippen molar-refractivity contribution in [2.45, 2.75) is 18.4 Å². The monoisotopic (exact) mass is 227 g/mol. The lowest BCUT2D eigenvalue weighted by atomic mass is 9.91. The molecule has 0 spiro atoms. The maximum atomic E-state index is 11.5. The molecule has 2 aliphatic heterocycles. The van der Waals surface area contributed by atoms with E-state index in [4.69, 9.17) is 0 Å². The van der Waals surface area contributed by atoms with E-state index in [1.165, 1.54) is 0 Å². The van der Waals surface area contributed by atoms with E-state index in [9.17, 15) is 9.90 Å². The molecule has 2 fully saturated rings. The fourth-order valence-corrected chi connectivity index (χ4v) is 2.41. The summed E-state index contributed by atoms with van der Waals surface area (Å²) in [5.74, 6) is 0.156. The lowest BCUT2D eigenvalue weighted by Gasteiger charge is -2.39. The van der Waals surface area contributed by atoms with Gasteiger partial charge in [-0.15, -0.1) is 0 Å². The molecule has 1 amide bonds. The number of carbonyl (C=O) groups excluding carboxylic acids is 1. The first kappa shape index (κ1) is 11.8. The molecule has 0 aromatic heterocycles. The van der Waals surface area contributed by atoms with Crippen molar-refractivity contribution in [1.29, 1.82) is 0 Å². The summed E-state index contributed by atoms with van der Waals surface area (Å²) in [5, 5.41) is 13.6. The van der Waals surface area contributed by atoms with E-state index in [-0.39, 0.29) is 5.91 Å². The van der Waals surface area contributed by atoms with Gasteiger partial charge in [0.25, 0.3) is 0 Å². The molecule has 5 nitrogen and oxygen atoms in total. The molecule has 0 aromatic rings. The Morgan fingerprint density at radius 2 is 2.06 bits per heavy atom. The van der Waals surface area contributed by atoms with Crippen molar-refractivity contribution < 1.29 is 9.90 Å². The highest BCUT2D eigenvalue weighted by Crippen LogP contribution is 2.20. The fraction of sp³-hybridized carbons (Fsp3) is 0.909. The van der Waals surface area contributed by atoms with Gasteiger partial charge >= 0.3 is 0 Å². The summed E-state index contributed by atoms with van der Waals surface area (Å²) in [5.41, 5.74) is -0.596. The van der Waals surface area contributed by atoms with Crippen molar-refractivity contribution in [3.63, 3.8) is 0 Å². The zero-order chi connectivity index (χ0) is 11.6. The second-order valence-electron chi connectivity index (χ2n) is 5.00. The normalized spacial score (nSPS) is 27.1. The Kier molecular flexibility index (Phi) is 3.47. The molecule has 0 aliphatic carbocycles. The lowest BCUT2D eigenvalue weighted by molar-refractivity contribution is -0.136. The Hall–Kier alpha value is -0.650. The maximum Gasteiger partial charge on any atom is 0.236 e. The summed E-state index contributed by atoms with van der Waals surface area (Å²) in [6.45, 7) is 4.47. The van der Waals surface area contributed by atoms with E-state index in [0.717, 1.165) is 39.0 Å². The smallest absolute Gasteiger partial charge is 0.236 e. The van der Waals surface area contributed by atoms with Gasteiger partial charge in [0.05, 0.1) is 12.1 Å². The molecule has 5 heteroatoms. The number of likely N-dealkylation sites (N-methyl/N-ethyl adjacent to an activating group) is 1. The van der Waals surface area contributed by atoms with Gasteiger partial charge in [-0.25, -0.2) is 0 Å². The van der Waals surface area contributed by atoms with Crippen LogP contribution in [0.1, 0.15) is 12.8 Å². The molecule has 2 heterocycles. The number of amides is 1. The Bertz CT molecular complexity index is 264. The zero-order valence-electron chi connectivity index (χ0n) is 9.91. The van der Waals surface area contributed by atoms with Crippen LogP contribution in [0.15, 0.2) is 0 Å². The van der Waals surface area contributed by atoms with Crippen molar-refractivity contribution in [3.05, 3.63) is 0 Å². The summed E-state index contributed by atoms with van der Waals surface area (Å²) in [6, 6.07) is 0. The number of nitrogens with zero attached hydrogens (tertiary/aromatic N) is 2. The van der Waals surface area contributed by atoms with Crippen LogP contribution in [0.5, 0.6) is 0 Å². The molecule has 2 rings (SSSR count). The van der Waals surface area contributed by atoms with Crippen molar-refractivity contribution in [2.75, 3.05) is 46.3 Å². The van der Waals surface area contributed by atoms with E-state index in [0.29, 0.717) is 13.1 Å². The van der Waals surface area contributed by atoms with E-state index in [1.54, 1.807) is 4.90 Å². The SMILES string of the molecule is CN1CCN(CC2(O)CCNCC2)CC1=O. The van der Waals surface area contributed by atoms with Crippen molar-refractivity contribution >= 4 is 5.91 Å². The van der Waals surface area contributed by atoms with Crippen molar-refractivity contribution in [1.82, 2.24) is 15.1 Å². The Labute approximate surface area is 96.4 Å². The number of carbonyl (C=O) groups is 1. The summed E-state index contributed by atoms with van der Waals surface area (Å²) < 4.78 is 0. The minimum absolute atomic E-state index is 0.156. The molecule has 2 saturated heterocycles. The molecule has 0 atom stereocenters. The summed E-state index contributed by atoms with van der Waals surface area (Å²) >= 11 is 0. The molecule has 16 heavy (non-hydrogen) atoms. The minimum atomic E-state index is -0.596. The minimum Gasteiger partial charge on any atom is -0.388 e. The molecule has 2 aliphatic rings. The number of hydrogen-bond donors (Lipinski definition) is 2. The number of β-amino-alcohol motifs (C(OH)–C–C–N with tert-alkyl or cyclic N) is 1. The quantitative estimate of drug-likeness (QED) is 0.627. The zero-order valence-corrected chi connectivity index (χ0v) is 9.91. The molecule has 0 bridgehead atoms. The largest absolute Gasteiger partial charge is 0.388 e. The average Bonchev–Trinajstić information content (AvgIpc) is 2.24. The van der Waals surface area contributed by atoms with Gasteiger partial charge in [-0.1, -0.05) is 0 Å². The number of piperidine rings is 1. The van der Waals surface area contributed by atoms with Crippen LogP contribution in [0.2, 0.25) is 0 Å². The van der Waals surface area contributed by atoms with Crippen molar-refractivity contribution in [3.8, 4) is 0 Å². The number of rotatable bonds is 2. The Balaban J connectivity index is 1.87. The molecule has 2 N–H and O–H groups in total. The van der Waals surface area contributed by atoms with Crippen LogP contribution in [0.4, 0.5) is 0 Å². The van der Waals surface area contributed by atoms with Crippen LogP contribution in [-0.4, -0.2) is 72.7 Å². The summed E-state index contributed by atoms with van der Waals surface area (Å²) in [6.07, 6.45) is 1.57. The highest BCUT2D eigenvalue weighted by molar-refractivity contribution is 5.78. The number of aliphatic hydroxyl groups is 1. The number of piperazine rings is 1. The molecule has 0 unspecified atom stereocenters. The fourth-order valence-electron chi connectivity index (χ4n) is 2.41. The lowest BCUT2D eigenvalue weighted by Crippen LogP contribution is -2.55. The van der Waals surface area contributed by atoms with Gasteiger partial charge in [0.15, 0.2) is 0 Å². The highest BCUT2D eigenvalue weighted by Gasteiger charge is 2.33. The second kappa shape index (κ2) is 4.69. The Morgan fingerprint density at radius 3 is 2.69 bits per heavy atom. The van der Waals surface area contributed by atoms with Crippen LogP contribution in [0.3, 0.4) is 0 Å². The van der Waals surface area contributed by atoms with E-state index >= 15 is 0 Å². The van der Waals surface area contributed by atoms with Gasteiger partial charge < -0.3 is 15.3 Å². The number of hydrogen-bond acceptors (Lipinski definition) is 4. The molecule has 0 aromatic carbocycles. The van der Waals surface area contributed by atoms with Gasteiger partial charge in [-0.05, 0) is 25.9 Å². The third-order valence-corrected chi connectivity index (χ3v) is 3.59. The van der Waals surface area contributed by atoms with Gasteiger partial charge in [-0.2, -0.15) is 0 Å². The van der Waals surface area contributed by atoms with Gasteiger partial charge in [0.2, 0.25) is 5.91 Å². The van der Waals surface area contributed by atoms with E-state index in [1.807, 2.05) is 7.05 Å². The first-order chi connectivity index (χ1) is 7.59. The number of nitrogens with one attached hydrogen (secondary N) is 1. The van der Waals surface area contributed by atoms with E-state index < -0.39 is 5.60 Å². The van der Waals surface area contributed by atoms with Crippen LogP contribution in [-0.2, 0) is 4.79 Å². The van der Waals surface area contributed by atoms with Gasteiger partial charge in [0, 0.05) is 26.7 Å². The predicted molar refractivity (Wildman–Crippen MR) is 61.1 cm³/mol. The first-order valence-electron chi connectivity index (χ1n) is 5.98. The van der Waals surface area contributed by atoms with Gasteiger partial charge in [0.1, 0.15) is 0 Å². The first-order valence-corrected chi connectivity index (χ1v) is 5.98. The van der Waals surface area contributed by atoms with Crippen molar-refractivity contribution in [2.24, 2.45) is 0 Å². The maximum absolute atomic E-state index is 11.5. The summed E-state index contributed by atoms with van der Waals surface area (Å²) in [4.78, 5) is 15.4. The highest BCUT2D eigenvalue weighted by atomic mass is 16.3. The Morgan fingerprint density at radius 1 is 1.38 bits per heavy atom. The van der Waals surface area contributed by atoms with Crippen LogP contribution in [0, 0.1) is 0 Å². The topological polar surface area (TPSA) is 55.8 Å². The predicted octanol–water partition coefficient (Wildman–Crippen LogP) is -1.13. The molecule has 92 valence electrons. The van der Waals surface area contributed by atoms with Crippen LogP contribution in [0.25, 0.3) is 0 Å².